The van der Waals surface area contributed by atoms with E-state index in [4.69, 9.17) is 9.47 Å². The number of hydrogen-bond donors (Lipinski definition) is 1. The molecule has 0 fully saturated rings. The van der Waals surface area contributed by atoms with Crippen molar-refractivity contribution in [1.29, 1.82) is 0 Å². The van der Waals surface area contributed by atoms with Crippen molar-refractivity contribution in [3.8, 4) is 11.5 Å². The van der Waals surface area contributed by atoms with Gasteiger partial charge in [0.1, 0.15) is 0 Å². The first-order valence-corrected chi connectivity index (χ1v) is 6.45. The van der Waals surface area contributed by atoms with Gasteiger partial charge in [0.2, 0.25) is 12.7 Å². The molecule has 112 valence electrons. The van der Waals surface area contributed by atoms with E-state index in [9.17, 15) is 13.6 Å². The first-order chi connectivity index (χ1) is 10.6. The van der Waals surface area contributed by atoms with Crippen molar-refractivity contribution in [2.24, 2.45) is 0 Å². The maximum atomic E-state index is 13.0. The molecule has 2 aromatic rings. The molecule has 2 aromatic carbocycles. The number of carbonyl (C=O) groups is 1. The quantitative estimate of drug-likeness (QED) is 0.885. The average Bonchev–Trinajstić information content (AvgIpc) is 2.96. The van der Waals surface area contributed by atoms with Gasteiger partial charge in [-0.1, -0.05) is 6.07 Å². The smallest absolute Gasteiger partial charge is 0.248 e. The monoisotopic (exact) mass is 303 g/mol. The normalized spacial score (nSPS) is 12.6. The van der Waals surface area contributed by atoms with Gasteiger partial charge in [0.15, 0.2) is 23.1 Å². The molecule has 0 radical (unpaired) electrons. The molecule has 3 rings (SSSR count). The highest BCUT2D eigenvalue weighted by Crippen LogP contribution is 2.32. The number of benzene rings is 2. The van der Waals surface area contributed by atoms with Crippen LogP contribution in [0.15, 0.2) is 42.5 Å². The zero-order chi connectivity index (χ0) is 15.5. The Morgan fingerprint density at radius 2 is 1.86 bits per heavy atom. The Morgan fingerprint density at radius 1 is 1.05 bits per heavy atom. The van der Waals surface area contributed by atoms with E-state index >= 15 is 0 Å². The summed E-state index contributed by atoms with van der Waals surface area (Å²) >= 11 is 0. The highest BCUT2D eigenvalue weighted by Gasteiger charge is 2.12. The second kappa shape index (κ2) is 5.85. The highest BCUT2D eigenvalue weighted by molar-refractivity contribution is 6.01. The zero-order valence-electron chi connectivity index (χ0n) is 11.3. The van der Waals surface area contributed by atoms with E-state index in [2.05, 4.69) is 5.32 Å². The largest absolute Gasteiger partial charge is 0.454 e. The van der Waals surface area contributed by atoms with Crippen LogP contribution in [0.1, 0.15) is 5.56 Å². The zero-order valence-corrected chi connectivity index (χ0v) is 11.3. The lowest BCUT2D eigenvalue weighted by Crippen LogP contribution is -2.08. The number of nitrogens with one attached hydrogen (secondary N) is 1. The van der Waals surface area contributed by atoms with E-state index in [-0.39, 0.29) is 12.5 Å². The van der Waals surface area contributed by atoms with Crippen molar-refractivity contribution in [2.75, 3.05) is 12.1 Å². The number of ether oxygens (including phenoxy) is 2. The fraction of sp³-hybridized carbons (Fsp3) is 0.0625. The van der Waals surface area contributed by atoms with Crippen LogP contribution in [0.25, 0.3) is 6.08 Å². The van der Waals surface area contributed by atoms with Crippen LogP contribution in [0.3, 0.4) is 0 Å². The minimum absolute atomic E-state index is 0.180. The maximum absolute atomic E-state index is 13.0. The summed E-state index contributed by atoms with van der Waals surface area (Å²) in [6.07, 6.45) is 2.87. The molecular formula is C16H11F2NO3. The lowest BCUT2D eigenvalue weighted by atomic mass is 10.2. The van der Waals surface area contributed by atoms with E-state index < -0.39 is 17.5 Å². The van der Waals surface area contributed by atoms with Crippen LogP contribution in [0.2, 0.25) is 0 Å². The number of rotatable bonds is 3. The molecule has 0 saturated heterocycles. The van der Waals surface area contributed by atoms with Crippen LogP contribution in [0, 0.1) is 11.6 Å². The van der Waals surface area contributed by atoms with Gasteiger partial charge in [0.05, 0.1) is 0 Å². The molecular weight excluding hydrogens is 292 g/mol. The summed E-state index contributed by atoms with van der Waals surface area (Å²) in [4.78, 5) is 11.7. The van der Waals surface area contributed by atoms with Gasteiger partial charge in [-0.25, -0.2) is 8.78 Å². The van der Waals surface area contributed by atoms with Crippen LogP contribution in [0.4, 0.5) is 14.5 Å². The Morgan fingerprint density at radius 3 is 2.68 bits per heavy atom. The summed E-state index contributed by atoms with van der Waals surface area (Å²) in [7, 11) is 0. The number of halogens is 2. The van der Waals surface area contributed by atoms with Gasteiger partial charge in [-0.3, -0.25) is 4.79 Å². The van der Waals surface area contributed by atoms with Crippen LogP contribution in [-0.2, 0) is 4.79 Å². The Labute approximate surface area is 125 Å². The molecule has 0 atom stereocenters. The summed E-state index contributed by atoms with van der Waals surface area (Å²) in [6.45, 7) is 0.180. The number of amides is 1. The van der Waals surface area contributed by atoms with Crippen molar-refractivity contribution in [1.82, 2.24) is 0 Å². The summed E-state index contributed by atoms with van der Waals surface area (Å²) in [6, 6.07) is 8.41. The molecule has 1 amide bonds. The molecule has 1 aliphatic rings. The predicted molar refractivity (Wildman–Crippen MR) is 76.6 cm³/mol. The second-order valence-corrected chi connectivity index (χ2v) is 4.56. The van der Waals surface area contributed by atoms with E-state index in [0.29, 0.717) is 11.5 Å². The highest BCUT2D eigenvalue weighted by atomic mass is 19.2. The third-order valence-corrected chi connectivity index (χ3v) is 3.01. The molecule has 0 saturated carbocycles. The Balaban J connectivity index is 1.67. The Hall–Kier alpha value is -2.89. The van der Waals surface area contributed by atoms with Crippen LogP contribution < -0.4 is 14.8 Å². The molecule has 0 aromatic heterocycles. The summed E-state index contributed by atoms with van der Waals surface area (Å²) in [5.74, 6) is -1.17. The van der Waals surface area contributed by atoms with Crippen molar-refractivity contribution < 1.29 is 23.0 Å². The fourth-order valence-electron chi connectivity index (χ4n) is 1.95. The molecule has 0 spiro atoms. The Bertz CT molecular complexity index is 759. The molecule has 6 heteroatoms. The summed E-state index contributed by atoms with van der Waals surface area (Å²) in [5.41, 5.74) is 0.934. The van der Waals surface area contributed by atoms with E-state index in [0.717, 1.165) is 17.7 Å². The number of anilines is 1. The van der Waals surface area contributed by atoms with Gasteiger partial charge in [-0.2, -0.15) is 0 Å². The van der Waals surface area contributed by atoms with Gasteiger partial charge in [0, 0.05) is 17.8 Å². The molecule has 0 unspecified atom stereocenters. The van der Waals surface area contributed by atoms with Gasteiger partial charge in [0.25, 0.3) is 0 Å². The standard InChI is InChI=1S/C16H11F2NO3/c17-12-4-3-11(8-13(12)18)19-16(20)6-2-10-1-5-14-15(7-10)22-9-21-14/h1-8H,9H2,(H,19,20)/b6-2+. The van der Waals surface area contributed by atoms with Gasteiger partial charge in [-0.15, -0.1) is 0 Å². The topological polar surface area (TPSA) is 47.6 Å². The molecule has 0 bridgehead atoms. The summed E-state index contributed by atoms with van der Waals surface area (Å²) < 4.78 is 36.2. The first-order valence-electron chi connectivity index (χ1n) is 6.45. The van der Waals surface area contributed by atoms with Crippen molar-refractivity contribution >= 4 is 17.7 Å². The molecule has 1 heterocycles. The van der Waals surface area contributed by atoms with Crippen LogP contribution in [-0.4, -0.2) is 12.7 Å². The maximum Gasteiger partial charge on any atom is 0.248 e. The minimum atomic E-state index is -1.02. The minimum Gasteiger partial charge on any atom is -0.454 e. The third-order valence-electron chi connectivity index (χ3n) is 3.01. The molecule has 0 aliphatic carbocycles. The lowest BCUT2D eigenvalue weighted by molar-refractivity contribution is -0.111. The Kier molecular flexibility index (Phi) is 3.74. The second-order valence-electron chi connectivity index (χ2n) is 4.56. The van der Waals surface area contributed by atoms with Crippen molar-refractivity contribution in [3.05, 3.63) is 59.7 Å². The summed E-state index contributed by atoms with van der Waals surface area (Å²) in [5, 5.41) is 2.44. The first kappa shape index (κ1) is 14.1. The van der Waals surface area contributed by atoms with Gasteiger partial charge < -0.3 is 14.8 Å². The van der Waals surface area contributed by atoms with Crippen molar-refractivity contribution in [3.63, 3.8) is 0 Å². The van der Waals surface area contributed by atoms with E-state index in [1.165, 1.54) is 12.1 Å². The fourth-order valence-corrected chi connectivity index (χ4v) is 1.95. The van der Waals surface area contributed by atoms with Crippen LogP contribution in [0.5, 0.6) is 11.5 Å². The third kappa shape index (κ3) is 3.06. The molecule has 22 heavy (non-hydrogen) atoms. The van der Waals surface area contributed by atoms with Gasteiger partial charge >= 0.3 is 0 Å². The predicted octanol–water partition coefficient (Wildman–Crippen LogP) is 3.35. The SMILES string of the molecule is O=C(/C=C/c1ccc2c(c1)OCO2)Nc1ccc(F)c(F)c1. The van der Waals surface area contributed by atoms with Crippen LogP contribution >= 0.6 is 0 Å². The number of carbonyl (C=O) groups excluding carboxylic acids is 1. The number of fused-ring (bicyclic) bond motifs is 1. The molecule has 1 aliphatic heterocycles. The van der Waals surface area contributed by atoms with Gasteiger partial charge in [-0.05, 0) is 35.9 Å². The average molecular weight is 303 g/mol. The van der Waals surface area contributed by atoms with E-state index in [1.807, 2.05) is 0 Å². The lowest BCUT2D eigenvalue weighted by Gasteiger charge is -2.02. The van der Waals surface area contributed by atoms with E-state index in [1.54, 1.807) is 24.3 Å². The molecule has 4 nitrogen and oxygen atoms in total. The van der Waals surface area contributed by atoms with Crippen molar-refractivity contribution in [2.45, 2.75) is 0 Å². The number of hydrogen-bond acceptors (Lipinski definition) is 3. The molecule has 1 N–H and O–H groups in total.